The first kappa shape index (κ1) is 18.1. The number of halogens is 1. The molecular weight excluding hydrogens is 371 g/mol. The van der Waals surface area contributed by atoms with Gasteiger partial charge in [-0.1, -0.05) is 6.92 Å². The van der Waals surface area contributed by atoms with E-state index in [0.29, 0.717) is 17.4 Å². The number of aromatic nitrogens is 2. The fourth-order valence-electron chi connectivity index (χ4n) is 4.70. The number of piperidine rings is 1. The highest BCUT2D eigenvalue weighted by Gasteiger charge is 2.40. The number of hydrogen-bond donors (Lipinski definition) is 1. The van der Waals surface area contributed by atoms with Crippen LogP contribution in [0.15, 0.2) is 30.6 Å². The van der Waals surface area contributed by atoms with E-state index in [1.165, 1.54) is 18.7 Å². The number of nitrogens with zero attached hydrogens (tertiary/aromatic N) is 5. The van der Waals surface area contributed by atoms with Crippen LogP contribution in [0.3, 0.4) is 0 Å². The van der Waals surface area contributed by atoms with Gasteiger partial charge in [-0.25, -0.2) is 14.2 Å². The van der Waals surface area contributed by atoms with Gasteiger partial charge in [-0.05, 0) is 37.3 Å². The molecule has 0 aliphatic carbocycles. The Hall–Kier alpha value is -2.90. The Morgan fingerprint density at radius 3 is 2.90 bits per heavy atom. The quantitative estimate of drug-likeness (QED) is 0.842. The van der Waals surface area contributed by atoms with E-state index in [1.807, 2.05) is 0 Å². The van der Waals surface area contributed by atoms with Crippen molar-refractivity contribution in [3.05, 3.63) is 36.4 Å². The van der Waals surface area contributed by atoms with Crippen molar-refractivity contribution in [1.82, 2.24) is 9.97 Å². The van der Waals surface area contributed by atoms with Crippen molar-refractivity contribution in [2.75, 3.05) is 46.2 Å². The number of carbonyl (C=O) groups excluding carboxylic acids is 1. The highest BCUT2D eigenvalue weighted by Crippen LogP contribution is 2.40. The number of hydrogen-bond acceptors (Lipinski definition) is 5. The van der Waals surface area contributed by atoms with Crippen LogP contribution in [0, 0.1) is 11.7 Å². The molecule has 1 unspecified atom stereocenters. The van der Waals surface area contributed by atoms with Crippen molar-refractivity contribution in [3.8, 4) is 0 Å². The molecule has 5 rings (SSSR count). The highest BCUT2D eigenvalue weighted by atomic mass is 19.1. The van der Waals surface area contributed by atoms with Crippen molar-refractivity contribution in [1.29, 1.82) is 0 Å². The summed E-state index contributed by atoms with van der Waals surface area (Å²) in [4.78, 5) is 28.3. The van der Waals surface area contributed by atoms with Crippen molar-refractivity contribution in [2.45, 2.75) is 32.2 Å². The summed E-state index contributed by atoms with van der Waals surface area (Å²) < 4.78 is 13.5. The van der Waals surface area contributed by atoms with E-state index >= 15 is 0 Å². The molecule has 3 aliphatic heterocycles. The summed E-state index contributed by atoms with van der Waals surface area (Å²) in [7, 11) is 0. The molecule has 2 aromatic rings. The van der Waals surface area contributed by atoms with Gasteiger partial charge in [0.05, 0.1) is 29.8 Å². The van der Waals surface area contributed by atoms with Crippen LogP contribution in [0.2, 0.25) is 0 Å². The number of fused-ring (bicyclic) bond motifs is 4. The summed E-state index contributed by atoms with van der Waals surface area (Å²) >= 11 is 0. The first-order valence-corrected chi connectivity index (χ1v) is 10.3. The maximum Gasteiger partial charge on any atom is 0.327 e. The Bertz CT molecular complexity index is 937. The van der Waals surface area contributed by atoms with E-state index < -0.39 is 5.82 Å². The second-order valence-corrected chi connectivity index (χ2v) is 8.29. The van der Waals surface area contributed by atoms with E-state index in [1.54, 1.807) is 4.90 Å². The first-order valence-electron chi connectivity index (χ1n) is 10.3. The third-order valence-corrected chi connectivity index (χ3v) is 6.09. The lowest BCUT2D eigenvalue weighted by Gasteiger charge is -2.37. The summed E-state index contributed by atoms with van der Waals surface area (Å²) in [5.74, 6) is 1.77. The Balaban J connectivity index is 1.47. The number of nitrogens with one attached hydrogen (secondary N) is 1. The molecule has 2 fully saturated rings. The van der Waals surface area contributed by atoms with Crippen LogP contribution in [0.25, 0.3) is 0 Å². The molecule has 29 heavy (non-hydrogen) atoms. The molecule has 2 atom stereocenters. The molecule has 7 nitrogen and oxygen atoms in total. The third-order valence-electron chi connectivity index (χ3n) is 6.09. The molecule has 2 bridgehead atoms. The average Bonchev–Trinajstić information content (AvgIpc) is 3.12. The molecule has 0 saturated carbocycles. The Morgan fingerprint density at radius 1 is 1.17 bits per heavy atom. The minimum Gasteiger partial charge on any atom is -0.366 e. The van der Waals surface area contributed by atoms with Gasteiger partial charge in [0.2, 0.25) is 0 Å². The van der Waals surface area contributed by atoms with Gasteiger partial charge in [-0.2, -0.15) is 0 Å². The van der Waals surface area contributed by atoms with Gasteiger partial charge in [-0.15, -0.1) is 0 Å². The third kappa shape index (κ3) is 3.36. The van der Waals surface area contributed by atoms with Gasteiger partial charge in [0.15, 0.2) is 5.82 Å². The maximum atomic E-state index is 13.5. The molecule has 0 aromatic carbocycles. The standard InChI is InChI=1S/C21H25FN6O/c1-14-3-2-7-27(12-14)19-5-4-18-20(25-19)28(17-6-8-26(18)13-17)21(29)24-16-9-15(22)10-23-11-16/h4-5,9-11,14,17H,2-3,6-8,12-13H2,1H3,(H,24,29)/t14?,17-/m0/s1. The zero-order valence-electron chi connectivity index (χ0n) is 16.5. The number of pyridine rings is 2. The SMILES string of the molecule is CC1CCCN(c2ccc3c(n2)N(C(=O)Nc2cncc(F)c2)[C@H]2CCN3C2)C1. The summed E-state index contributed by atoms with van der Waals surface area (Å²) in [5, 5.41) is 2.79. The van der Waals surface area contributed by atoms with Crippen LogP contribution < -0.4 is 20.0 Å². The lowest BCUT2D eigenvalue weighted by Crippen LogP contribution is -2.48. The van der Waals surface area contributed by atoms with Gasteiger partial charge in [0.1, 0.15) is 11.6 Å². The molecule has 2 aromatic heterocycles. The Labute approximate surface area is 169 Å². The Morgan fingerprint density at radius 2 is 2.07 bits per heavy atom. The van der Waals surface area contributed by atoms with Crippen LogP contribution in [0.5, 0.6) is 0 Å². The molecule has 2 amide bonds. The summed E-state index contributed by atoms with van der Waals surface area (Å²) in [5.41, 5.74) is 1.33. The number of urea groups is 1. The smallest absolute Gasteiger partial charge is 0.327 e. The zero-order chi connectivity index (χ0) is 20.0. The van der Waals surface area contributed by atoms with Crippen molar-refractivity contribution in [2.24, 2.45) is 5.92 Å². The van der Waals surface area contributed by atoms with Crippen LogP contribution in [0.4, 0.5) is 32.2 Å². The minimum atomic E-state index is -0.478. The van der Waals surface area contributed by atoms with Gasteiger partial charge in [0.25, 0.3) is 0 Å². The molecule has 0 spiro atoms. The Kier molecular flexibility index (Phi) is 4.49. The molecule has 3 aliphatic rings. The van der Waals surface area contributed by atoms with Gasteiger partial charge >= 0.3 is 6.03 Å². The normalized spacial score (nSPS) is 23.2. The van der Waals surface area contributed by atoms with Gasteiger partial charge in [-0.3, -0.25) is 9.88 Å². The van der Waals surface area contributed by atoms with Crippen molar-refractivity contribution < 1.29 is 9.18 Å². The molecule has 152 valence electrons. The topological polar surface area (TPSA) is 64.6 Å². The molecule has 1 N–H and O–H groups in total. The minimum absolute atomic E-state index is 0.0621. The molecule has 5 heterocycles. The highest BCUT2D eigenvalue weighted by molar-refractivity contribution is 6.04. The molecule has 2 saturated heterocycles. The molecule has 8 heteroatoms. The monoisotopic (exact) mass is 396 g/mol. The van der Waals surface area contributed by atoms with Gasteiger partial charge < -0.3 is 15.1 Å². The van der Waals surface area contributed by atoms with E-state index in [4.69, 9.17) is 4.98 Å². The maximum absolute atomic E-state index is 13.5. The van der Waals surface area contributed by atoms with Crippen LogP contribution in [-0.4, -0.2) is 48.2 Å². The van der Waals surface area contributed by atoms with Crippen LogP contribution in [0.1, 0.15) is 26.2 Å². The summed E-state index contributed by atoms with van der Waals surface area (Å²) in [6.45, 7) is 5.95. The number of amides is 2. The first-order chi connectivity index (χ1) is 14.1. The fraction of sp³-hybridized carbons (Fsp3) is 0.476. The van der Waals surface area contributed by atoms with E-state index in [2.05, 4.69) is 39.2 Å². The van der Waals surface area contributed by atoms with Crippen LogP contribution in [-0.2, 0) is 0 Å². The number of carbonyl (C=O) groups is 1. The predicted molar refractivity (Wildman–Crippen MR) is 111 cm³/mol. The van der Waals surface area contributed by atoms with Crippen molar-refractivity contribution >= 4 is 29.0 Å². The number of anilines is 4. The van der Waals surface area contributed by atoms with E-state index in [-0.39, 0.29) is 12.1 Å². The van der Waals surface area contributed by atoms with Gasteiger partial charge in [0, 0.05) is 32.2 Å². The summed E-state index contributed by atoms with van der Waals surface area (Å²) in [6.07, 6.45) is 5.86. The summed E-state index contributed by atoms with van der Waals surface area (Å²) in [6, 6.07) is 5.20. The fourth-order valence-corrected chi connectivity index (χ4v) is 4.70. The van der Waals surface area contributed by atoms with Crippen LogP contribution >= 0.6 is 0 Å². The number of rotatable bonds is 2. The van der Waals surface area contributed by atoms with E-state index in [0.717, 1.165) is 56.7 Å². The molecular formula is C21H25FN6O. The predicted octanol–water partition coefficient (Wildman–Crippen LogP) is 3.48. The van der Waals surface area contributed by atoms with E-state index in [9.17, 15) is 9.18 Å². The second-order valence-electron chi connectivity index (χ2n) is 8.29. The second kappa shape index (κ2) is 7.17. The zero-order valence-corrected chi connectivity index (χ0v) is 16.5. The average molecular weight is 396 g/mol. The largest absolute Gasteiger partial charge is 0.366 e. The lowest BCUT2D eigenvalue weighted by atomic mass is 10.0. The lowest BCUT2D eigenvalue weighted by molar-refractivity contribution is 0.255. The molecule has 0 radical (unpaired) electrons. The van der Waals surface area contributed by atoms with Crippen molar-refractivity contribution in [3.63, 3.8) is 0 Å².